The van der Waals surface area contributed by atoms with Crippen LogP contribution in [-0.4, -0.2) is 17.4 Å². The van der Waals surface area contributed by atoms with Gasteiger partial charge in [-0.1, -0.05) is 6.07 Å². The number of aryl methyl sites for hydroxylation is 2. The lowest BCUT2D eigenvalue weighted by Gasteiger charge is -2.17. The van der Waals surface area contributed by atoms with E-state index in [1.165, 1.54) is 11.1 Å². The second-order valence-corrected chi connectivity index (χ2v) is 5.34. The number of fused-ring (bicyclic) bond motifs is 1. The minimum absolute atomic E-state index is 0.100. The van der Waals surface area contributed by atoms with Gasteiger partial charge in [-0.2, -0.15) is 0 Å². The Morgan fingerprint density at radius 1 is 1.38 bits per heavy atom. The van der Waals surface area contributed by atoms with Crippen LogP contribution in [0, 0.1) is 13.8 Å². The molecule has 110 valence electrons. The number of oxazole rings is 1. The molecule has 2 aromatic rings. The van der Waals surface area contributed by atoms with Gasteiger partial charge in [0.15, 0.2) is 0 Å². The third kappa shape index (κ3) is 2.97. The van der Waals surface area contributed by atoms with Gasteiger partial charge in [-0.25, -0.2) is 4.98 Å². The molecule has 0 fully saturated rings. The zero-order valence-electron chi connectivity index (χ0n) is 12.3. The van der Waals surface area contributed by atoms with E-state index in [0.717, 1.165) is 31.0 Å². The molecule has 1 aliphatic heterocycles. The van der Waals surface area contributed by atoms with Crippen molar-refractivity contribution < 1.29 is 9.21 Å². The first-order chi connectivity index (χ1) is 10.1. The molecule has 0 saturated carbocycles. The van der Waals surface area contributed by atoms with Crippen LogP contribution in [0.5, 0.6) is 0 Å². The molecular formula is C16H19N3O2. The maximum Gasteiger partial charge on any atom is 0.251 e. The first-order valence-corrected chi connectivity index (χ1v) is 7.17. The molecule has 0 aliphatic carbocycles. The molecule has 0 unspecified atom stereocenters. The third-order valence-electron chi connectivity index (χ3n) is 3.83. The summed E-state index contributed by atoms with van der Waals surface area (Å²) in [6.07, 6.45) is 1.02. The second-order valence-electron chi connectivity index (χ2n) is 5.34. The average Bonchev–Trinajstić information content (AvgIpc) is 2.83. The van der Waals surface area contributed by atoms with Gasteiger partial charge in [0.05, 0.1) is 12.2 Å². The van der Waals surface area contributed by atoms with Crippen LogP contribution in [-0.2, 0) is 19.5 Å². The number of benzene rings is 1. The average molecular weight is 285 g/mol. The van der Waals surface area contributed by atoms with E-state index in [9.17, 15) is 4.79 Å². The van der Waals surface area contributed by atoms with Gasteiger partial charge in [-0.05, 0) is 50.1 Å². The van der Waals surface area contributed by atoms with Crippen molar-refractivity contribution in [2.24, 2.45) is 0 Å². The lowest BCUT2D eigenvalue weighted by Crippen LogP contribution is -2.26. The number of hydrogen-bond acceptors (Lipinski definition) is 4. The molecule has 1 aliphatic rings. The van der Waals surface area contributed by atoms with Crippen molar-refractivity contribution in [3.63, 3.8) is 0 Å². The second kappa shape index (κ2) is 5.69. The van der Waals surface area contributed by atoms with Crippen LogP contribution >= 0.6 is 0 Å². The summed E-state index contributed by atoms with van der Waals surface area (Å²) in [5.41, 5.74) is 4.07. The summed E-state index contributed by atoms with van der Waals surface area (Å²) in [4.78, 5) is 16.4. The Hall–Kier alpha value is -2.14. The van der Waals surface area contributed by atoms with Gasteiger partial charge in [0.25, 0.3) is 5.91 Å². The lowest BCUT2D eigenvalue weighted by molar-refractivity contribution is 0.0947. The topological polar surface area (TPSA) is 67.2 Å². The Labute approximate surface area is 123 Å². The lowest BCUT2D eigenvalue weighted by atomic mass is 9.98. The SMILES string of the molecule is Cc1nc(CNC(=O)c2ccc3c(c2)CNCC3)oc1C. The van der Waals surface area contributed by atoms with Gasteiger partial charge in [0.2, 0.25) is 5.89 Å². The molecular weight excluding hydrogens is 266 g/mol. The van der Waals surface area contributed by atoms with Crippen LogP contribution < -0.4 is 10.6 Å². The summed E-state index contributed by atoms with van der Waals surface area (Å²) < 4.78 is 5.46. The van der Waals surface area contributed by atoms with Crippen LogP contribution in [0.1, 0.15) is 38.8 Å². The summed E-state index contributed by atoms with van der Waals surface area (Å²) in [5.74, 6) is 1.23. The number of amides is 1. The normalized spacial score (nSPS) is 13.8. The Kier molecular flexibility index (Phi) is 3.75. The van der Waals surface area contributed by atoms with Gasteiger partial charge in [-0.3, -0.25) is 4.79 Å². The molecule has 1 amide bonds. The van der Waals surface area contributed by atoms with Crippen molar-refractivity contribution in [3.05, 3.63) is 52.2 Å². The van der Waals surface area contributed by atoms with Crippen molar-refractivity contribution in [3.8, 4) is 0 Å². The van der Waals surface area contributed by atoms with E-state index < -0.39 is 0 Å². The van der Waals surface area contributed by atoms with E-state index in [4.69, 9.17) is 4.42 Å². The zero-order chi connectivity index (χ0) is 14.8. The Balaban J connectivity index is 1.67. The zero-order valence-corrected chi connectivity index (χ0v) is 12.3. The number of rotatable bonds is 3. The standard InChI is InChI=1S/C16H19N3O2/c1-10-11(2)21-15(19-10)9-18-16(20)13-4-3-12-5-6-17-8-14(12)7-13/h3-4,7,17H,5-6,8-9H2,1-2H3,(H,18,20). The molecule has 5 heteroatoms. The maximum atomic E-state index is 12.2. The number of carbonyl (C=O) groups is 1. The Morgan fingerprint density at radius 2 is 2.24 bits per heavy atom. The molecule has 0 saturated heterocycles. The van der Waals surface area contributed by atoms with E-state index in [1.807, 2.05) is 32.0 Å². The summed E-state index contributed by atoms with van der Waals surface area (Å²) in [6, 6.07) is 5.89. The first-order valence-electron chi connectivity index (χ1n) is 7.17. The van der Waals surface area contributed by atoms with Gasteiger partial charge in [0.1, 0.15) is 5.76 Å². The van der Waals surface area contributed by atoms with Crippen LogP contribution in [0.25, 0.3) is 0 Å². The van der Waals surface area contributed by atoms with Crippen molar-refractivity contribution in [1.29, 1.82) is 0 Å². The summed E-state index contributed by atoms with van der Waals surface area (Å²) in [7, 11) is 0. The molecule has 3 rings (SSSR count). The van der Waals surface area contributed by atoms with Crippen molar-refractivity contribution >= 4 is 5.91 Å². The van der Waals surface area contributed by atoms with Gasteiger partial charge in [-0.15, -0.1) is 0 Å². The van der Waals surface area contributed by atoms with Gasteiger partial charge < -0.3 is 15.1 Å². The quantitative estimate of drug-likeness (QED) is 0.903. The van der Waals surface area contributed by atoms with Gasteiger partial charge in [0, 0.05) is 12.1 Å². The summed E-state index contributed by atoms with van der Waals surface area (Å²) in [6.45, 7) is 5.89. The predicted molar refractivity (Wildman–Crippen MR) is 79.0 cm³/mol. The van der Waals surface area contributed by atoms with Crippen molar-refractivity contribution in [1.82, 2.24) is 15.6 Å². The fourth-order valence-corrected chi connectivity index (χ4v) is 2.49. The highest BCUT2D eigenvalue weighted by atomic mass is 16.4. The fourth-order valence-electron chi connectivity index (χ4n) is 2.49. The van der Waals surface area contributed by atoms with Crippen LogP contribution in [0.4, 0.5) is 0 Å². The molecule has 0 spiro atoms. The number of nitrogens with one attached hydrogen (secondary N) is 2. The van der Waals surface area contributed by atoms with Crippen LogP contribution in [0.15, 0.2) is 22.6 Å². The third-order valence-corrected chi connectivity index (χ3v) is 3.83. The molecule has 21 heavy (non-hydrogen) atoms. The van der Waals surface area contributed by atoms with E-state index in [0.29, 0.717) is 18.0 Å². The van der Waals surface area contributed by atoms with E-state index in [-0.39, 0.29) is 5.91 Å². The largest absolute Gasteiger partial charge is 0.444 e. The van der Waals surface area contributed by atoms with E-state index in [2.05, 4.69) is 15.6 Å². The molecule has 0 atom stereocenters. The Morgan fingerprint density at radius 3 is 3.00 bits per heavy atom. The first kappa shape index (κ1) is 13.8. The molecule has 1 aromatic carbocycles. The summed E-state index contributed by atoms with van der Waals surface area (Å²) >= 11 is 0. The molecule has 0 bridgehead atoms. The van der Waals surface area contributed by atoms with Crippen LogP contribution in [0.3, 0.4) is 0 Å². The predicted octanol–water partition coefficient (Wildman–Crippen LogP) is 1.87. The molecule has 2 heterocycles. The molecule has 5 nitrogen and oxygen atoms in total. The van der Waals surface area contributed by atoms with Crippen LogP contribution in [0.2, 0.25) is 0 Å². The number of carbonyl (C=O) groups excluding carboxylic acids is 1. The fraction of sp³-hybridized carbons (Fsp3) is 0.375. The monoisotopic (exact) mass is 285 g/mol. The minimum Gasteiger partial charge on any atom is -0.444 e. The van der Waals surface area contributed by atoms with E-state index >= 15 is 0 Å². The minimum atomic E-state index is -0.100. The number of aromatic nitrogens is 1. The number of hydrogen-bond donors (Lipinski definition) is 2. The van der Waals surface area contributed by atoms with Gasteiger partial charge >= 0.3 is 0 Å². The molecule has 1 aromatic heterocycles. The summed E-state index contributed by atoms with van der Waals surface area (Å²) in [5, 5.41) is 6.16. The maximum absolute atomic E-state index is 12.2. The van der Waals surface area contributed by atoms with Crippen molar-refractivity contribution in [2.45, 2.75) is 33.4 Å². The highest BCUT2D eigenvalue weighted by Crippen LogP contribution is 2.16. The highest BCUT2D eigenvalue weighted by Gasteiger charge is 2.13. The molecule has 0 radical (unpaired) electrons. The van der Waals surface area contributed by atoms with Crippen molar-refractivity contribution in [2.75, 3.05) is 6.54 Å². The highest BCUT2D eigenvalue weighted by molar-refractivity contribution is 5.94. The van der Waals surface area contributed by atoms with E-state index in [1.54, 1.807) is 0 Å². The Bertz CT molecular complexity index is 657. The smallest absolute Gasteiger partial charge is 0.251 e. The number of nitrogens with zero attached hydrogens (tertiary/aromatic N) is 1. The molecule has 2 N–H and O–H groups in total.